The van der Waals surface area contributed by atoms with E-state index in [0.29, 0.717) is 30.0 Å². The van der Waals surface area contributed by atoms with Crippen LogP contribution < -0.4 is 19.1 Å². The van der Waals surface area contributed by atoms with Crippen LogP contribution in [0, 0.1) is 6.92 Å². The third-order valence-corrected chi connectivity index (χ3v) is 7.64. The Labute approximate surface area is 206 Å². The number of hydrogen-bond donors (Lipinski definition) is 1. The molecule has 35 heavy (non-hydrogen) atoms. The highest BCUT2D eigenvalue weighted by atomic mass is 32.2. The van der Waals surface area contributed by atoms with Gasteiger partial charge in [0.2, 0.25) is 10.0 Å². The van der Waals surface area contributed by atoms with Gasteiger partial charge in [0.25, 0.3) is 5.91 Å². The lowest BCUT2D eigenvalue weighted by Gasteiger charge is -2.30. The first-order valence-electron chi connectivity index (χ1n) is 11.5. The molecule has 7 nitrogen and oxygen atoms in total. The van der Waals surface area contributed by atoms with Crippen LogP contribution >= 0.6 is 0 Å². The van der Waals surface area contributed by atoms with Crippen LogP contribution in [0.2, 0.25) is 0 Å². The lowest BCUT2D eigenvalue weighted by atomic mass is 10.0. The standard InChI is InChI=1S/C27H30N2O5S/c1-19-6-9-21(10-7-19)27(30)29-16-4-5-22-18-23(11-12-24(22)29)35(31,32)28-15-14-20-8-13-25(33-2)26(17-20)34-3/h6-13,17-18,28H,4-5,14-16H2,1-3H3. The second kappa shape index (κ2) is 10.5. The van der Waals surface area contributed by atoms with Gasteiger partial charge in [-0.3, -0.25) is 4.79 Å². The zero-order chi connectivity index (χ0) is 25.0. The first kappa shape index (κ1) is 24.8. The second-order valence-corrected chi connectivity index (χ2v) is 10.3. The number of carbonyl (C=O) groups excluding carboxylic acids is 1. The van der Waals surface area contributed by atoms with Gasteiger partial charge >= 0.3 is 0 Å². The largest absolute Gasteiger partial charge is 0.493 e. The molecular weight excluding hydrogens is 464 g/mol. The smallest absolute Gasteiger partial charge is 0.258 e. The molecule has 1 aliphatic heterocycles. The zero-order valence-corrected chi connectivity index (χ0v) is 21.0. The molecule has 0 atom stereocenters. The molecular formula is C27H30N2O5S. The summed E-state index contributed by atoms with van der Waals surface area (Å²) in [5, 5.41) is 0. The van der Waals surface area contributed by atoms with Gasteiger partial charge in [-0.05, 0) is 79.8 Å². The number of ether oxygens (including phenoxy) is 2. The van der Waals surface area contributed by atoms with Gasteiger partial charge < -0.3 is 14.4 Å². The Morgan fingerprint density at radius 3 is 2.43 bits per heavy atom. The van der Waals surface area contributed by atoms with E-state index in [2.05, 4.69) is 4.72 Å². The Morgan fingerprint density at radius 1 is 0.971 bits per heavy atom. The highest BCUT2D eigenvalue weighted by molar-refractivity contribution is 7.89. The molecule has 0 saturated heterocycles. The van der Waals surface area contributed by atoms with Gasteiger partial charge in [-0.1, -0.05) is 23.8 Å². The number of sulfonamides is 1. The maximum Gasteiger partial charge on any atom is 0.258 e. The van der Waals surface area contributed by atoms with E-state index < -0.39 is 10.0 Å². The average molecular weight is 495 g/mol. The van der Waals surface area contributed by atoms with Crippen molar-refractivity contribution in [1.82, 2.24) is 4.72 Å². The minimum Gasteiger partial charge on any atom is -0.493 e. The van der Waals surface area contributed by atoms with Crippen molar-refractivity contribution in [2.45, 2.75) is 31.1 Å². The molecule has 0 saturated carbocycles. The number of amides is 1. The summed E-state index contributed by atoms with van der Waals surface area (Å²) in [6, 6.07) is 18.0. The Morgan fingerprint density at radius 2 is 1.71 bits per heavy atom. The van der Waals surface area contributed by atoms with Crippen LogP contribution in [0.15, 0.2) is 65.6 Å². The monoisotopic (exact) mass is 494 g/mol. The fourth-order valence-corrected chi connectivity index (χ4v) is 5.33. The number of hydrogen-bond acceptors (Lipinski definition) is 5. The van der Waals surface area contributed by atoms with Gasteiger partial charge in [0.15, 0.2) is 11.5 Å². The van der Waals surface area contributed by atoms with Crippen molar-refractivity contribution in [2.75, 3.05) is 32.2 Å². The first-order valence-corrected chi connectivity index (χ1v) is 13.0. The Hall–Kier alpha value is -3.36. The van der Waals surface area contributed by atoms with Gasteiger partial charge in [-0.2, -0.15) is 0 Å². The van der Waals surface area contributed by atoms with Crippen molar-refractivity contribution in [1.29, 1.82) is 0 Å². The van der Waals surface area contributed by atoms with Crippen molar-refractivity contribution < 1.29 is 22.7 Å². The number of anilines is 1. The molecule has 0 bridgehead atoms. The fraction of sp³-hybridized carbons (Fsp3) is 0.296. The molecule has 0 fully saturated rings. The molecule has 1 aliphatic rings. The molecule has 3 aromatic carbocycles. The molecule has 0 aliphatic carbocycles. The number of fused-ring (bicyclic) bond motifs is 1. The summed E-state index contributed by atoms with van der Waals surface area (Å²) in [4.78, 5) is 15.0. The molecule has 0 radical (unpaired) electrons. The third kappa shape index (κ3) is 5.49. The molecule has 3 aromatic rings. The van der Waals surface area contributed by atoms with E-state index >= 15 is 0 Å². The van der Waals surface area contributed by atoms with Gasteiger partial charge in [-0.15, -0.1) is 0 Å². The van der Waals surface area contributed by atoms with Crippen molar-refractivity contribution in [3.05, 3.63) is 82.9 Å². The van der Waals surface area contributed by atoms with Crippen LogP contribution in [0.1, 0.15) is 33.5 Å². The minimum absolute atomic E-state index is 0.0744. The van der Waals surface area contributed by atoms with Crippen molar-refractivity contribution in [3.8, 4) is 11.5 Å². The number of aryl methyl sites for hydroxylation is 2. The molecule has 1 amide bonds. The van der Waals surface area contributed by atoms with Crippen LogP contribution in [-0.4, -0.2) is 41.6 Å². The SMILES string of the molecule is COc1ccc(CCNS(=O)(=O)c2ccc3c(c2)CCCN3C(=O)c2ccc(C)cc2)cc1OC. The van der Waals surface area contributed by atoms with Crippen LogP contribution in [0.25, 0.3) is 0 Å². The van der Waals surface area contributed by atoms with E-state index in [1.54, 1.807) is 43.4 Å². The van der Waals surface area contributed by atoms with Crippen LogP contribution in [0.4, 0.5) is 5.69 Å². The second-order valence-electron chi connectivity index (χ2n) is 8.55. The molecule has 1 heterocycles. The molecule has 1 N–H and O–H groups in total. The summed E-state index contributed by atoms with van der Waals surface area (Å²) in [6.45, 7) is 2.83. The third-order valence-electron chi connectivity index (χ3n) is 6.18. The maximum atomic E-state index is 13.1. The van der Waals surface area contributed by atoms with E-state index in [1.165, 1.54) is 0 Å². The number of methoxy groups -OCH3 is 2. The van der Waals surface area contributed by atoms with E-state index in [-0.39, 0.29) is 17.3 Å². The summed E-state index contributed by atoms with van der Waals surface area (Å²) in [5.74, 6) is 1.16. The van der Waals surface area contributed by atoms with Crippen LogP contribution in [-0.2, 0) is 22.9 Å². The normalized spacial score (nSPS) is 13.3. The molecule has 0 aromatic heterocycles. The number of nitrogens with zero attached hydrogens (tertiary/aromatic N) is 1. The predicted octanol–water partition coefficient (Wildman–Crippen LogP) is 4.13. The summed E-state index contributed by atoms with van der Waals surface area (Å²) in [7, 11) is -0.560. The Kier molecular flexibility index (Phi) is 7.42. The summed E-state index contributed by atoms with van der Waals surface area (Å²) < 4.78 is 39.2. The highest BCUT2D eigenvalue weighted by Gasteiger charge is 2.25. The number of nitrogens with one attached hydrogen (secondary N) is 1. The lowest BCUT2D eigenvalue weighted by molar-refractivity contribution is 0.0985. The van der Waals surface area contributed by atoms with Crippen molar-refractivity contribution >= 4 is 21.6 Å². The number of rotatable bonds is 8. The fourth-order valence-electron chi connectivity index (χ4n) is 4.25. The molecule has 0 spiro atoms. The van der Waals surface area contributed by atoms with Crippen LogP contribution in [0.3, 0.4) is 0 Å². The highest BCUT2D eigenvalue weighted by Crippen LogP contribution is 2.31. The average Bonchev–Trinajstić information content (AvgIpc) is 2.87. The van der Waals surface area contributed by atoms with E-state index in [1.807, 2.05) is 43.3 Å². The van der Waals surface area contributed by atoms with E-state index in [0.717, 1.165) is 35.2 Å². The minimum atomic E-state index is -3.70. The molecule has 8 heteroatoms. The zero-order valence-electron chi connectivity index (χ0n) is 20.2. The number of benzene rings is 3. The summed E-state index contributed by atoms with van der Waals surface area (Å²) >= 11 is 0. The predicted molar refractivity (Wildman–Crippen MR) is 136 cm³/mol. The summed E-state index contributed by atoms with van der Waals surface area (Å²) in [6.07, 6.45) is 2.01. The first-order chi connectivity index (χ1) is 16.8. The van der Waals surface area contributed by atoms with Gasteiger partial charge in [0.1, 0.15) is 0 Å². The van der Waals surface area contributed by atoms with Gasteiger partial charge in [0, 0.05) is 24.3 Å². The molecule has 184 valence electrons. The van der Waals surface area contributed by atoms with Crippen molar-refractivity contribution in [3.63, 3.8) is 0 Å². The van der Waals surface area contributed by atoms with Gasteiger partial charge in [0.05, 0.1) is 19.1 Å². The molecule has 4 rings (SSSR count). The van der Waals surface area contributed by atoms with Crippen LogP contribution in [0.5, 0.6) is 11.5 Å². The Balaban J connectivity index is 1.47. The maximum absolute atomic E-state index is 13.1. The quantitative estimate of drug-likeness (QED) is 0.509. The summed E-state index contributed by atoms with van der Waals surface area (Å²) in [5.41, 5.74) is 4.28. The Bertz CT molecular complexity index is 1320. The number of carbonyl (C=O) groups is 1. The van der Waals surface area contributed by atoms with E-state index in [4.69, 9.17) is 9.47 Å². The lowest BCUT2D eigenvalue weighted by Crippen LogP contribution is -2.35. The molecule has 0 unspecified atom stereocenters. The van der Waals surface area contributed by atoms with E-state index in [9.17, 15) is 13.2 Å². The topological polar surface area (TPSA) is 84.9 Å². The van der Waals surface area contributed by atoms with Gasteiger partial charge in [-0.25, -0.2) is 13.1 Å². The van der Waals surface area contributed by atoms with Crippen molar-refractivity contribution in [2.24, 2.45) is 0 Å².